The molecule has 0 saturated carbocycles. The van der Waals surface area contributed by atoms with E-state index in [-0.39, 0.29) is 5.91 Å². The first-order valence-electron chi connectivity index (χ1n) is 6.98. The van der Waals surface area contributed by atoms with Crippen LogP contribution in [0.5, 0.6) is 0 Å². The van der Waals surface area contributed by atoms with Gasteiger partial charge in [-0.2, -0.15) is 0 Å². The van der Waals surface area contributed by atoms with Crippen molar-refractivity contribution in [3.8, 4) is 0 Å². The van der Waals surface area contributed by atoms with Crippen molar-refractivity contribution < 1.29 is 4.79 Å². The SMILES string of the molecule is CC(CNC(=O)c1cc(N)ncc1Cl)CN1CCCC1. The van der Waals surface area contributed by atoms with E-state index in [1.165, 1.54) is 38.2 Å². The van der Waals surface area contributed by atoms with Crippen molar-refractivity contribution in [2.45, 2.75) is 19.8 Å². The molecule has 0 bridgehead atoms. The van der Waals surface area contributed by atoms with Gasteiger partial charge in [0.2, 0.25) is 0 Å². The summed E-state index contributed by atoms with van der Waals surface area (Å²) in [5, 5.41) is 3.23. The monoisotopic (exact) mass is 296 g/mol. The lowest BCUT2D eigenvalue weighted by Crippen LogP contribution is -2.34. The van der Waals surface area contributed by atoms with Crippen molar-refractivity contribution in [1.29, 1.82) is 0 Å². The van der Waals surface area contributed by atoms with Gasteiger partial charge >= 0.3 is 0 Å². The molecule has 0 aliphatic carbocycles. The molecule has 0 spiro atoms. The number of amides is 1. The van der Waals surface area contributed by atoms with Gasteiger partial charge in [0.05, 0.1) is 10.6 Å². The Morgan fingerprint density at radius 1 is 1.55 bits per heavy atom. The van der Waals surface area contributed by atoms with Crippen molar-refractivity contribution in [3.63, 3.8) is 0 Å². The van der Waals surface area contributed by atoms with Crippen LogP contribution in [0.1, 0.15) is 30.1 Å². The third-order valence-electron chi connectivity index (χ3n) is 3.50. The molecule has 1 aromatic heterocycles. The highest BCUT2D eigenvalue weighted by Gasteiger charge is 2.16. The third-order valence-corrected chi connectivity index (χ3v) is 3.80. The summed E-state index contributed by atoms with van der Waals surface area (Å²) in [6, 6.07) is 1.50. The van der Waals surface area contributed by atoms with Crippen molar-refractivity contribution in [2.24, 2.45) is 5.92 Å². The number of hydrogen-bond donors (Lipinski definition) is 2. The number of hydrogen-bond acceptors (Lipinski definition) is 4. The quantitative estimate of drug-likeness (QED) is 0.869. The first kappa shape index (κ1) is 15.1. The Hall–Kier alpha value is -1.33. The number of carbonyl (C=O) groups is 1. The maximum Gasteiger partial charge on any atom is 0.253 e. The largest absolute Gasteiger partial charge is 0.384 e. The molecule has 110 valence electrons. The molecule has 1 fully saturated rings. The molecule has 3 N–H and O–H groups in total. The normalized spacial score (nSPS) is 17.1. The van der Waals surface area contributed by atoms with Crippen molar-refractivity contribution in [2.75, 3.05) is 31.9 Å². The van der Waals surface area contributed by atoms with Crippen LogP contribution in [0.3, 0.4) is 0 Å². The lowest BCUT2D eigenvalue weighted by molar-refractivity contribution is 0.0945. The summed E-state index contributed by atoms with van der Waals surface area (Å²) in [6.07, 6.45) is 3.97. The van der Waals surface area contributed by atoms with Crippen LogP contribution in [0.4, 0.5) is 5.82 Å². The minimum absolute atomic E-state index is 0.197. The molecule has 1 unspecified atom stereocenters. The molecular weight excluding hydrogens is 276 g/mol. The van der Waals surface area contributed by atoms with Crippen LogP contribution in [0.25, 0.3) is 0 Å². The third kappa shape index (κ3) is 4.08. The summed E-state index contributed by atoms with van der Waals surface area (Å²) in [4.78, 5) is 18.4. The first-order chi connectivity index (χ1) is 9.56. The van der Waals surface area contributed by atoms with Crippen LogP contribution in [0.2, 0.25) is 5.02 Å². The lowest BCUT2D eigenvalue weighted by Gasteiger charge is -2.20. The molecule has 2 rings (SSSR count). The maximum atomic E-state index is 12.1. The van der Waals surface area contributed by atoms with E-state index in [4.69, 9.17) is 17.3 Å². The van der Waals surface area contributed by atoms with Crippen LogP contribution in [0, 0.1) is 5.92 Å². The zero-order valence-electron chi connectivity index (χ0n) is 11.7. The Morgan fingerprint density at radius 3 is 2.95 bits per heavy atom. The van der Waals surface area contributed by atoms with E-state index in [9.17, 15) is 4.79 Å². The van der Waals surface area contributed by atoms with E-state index < -0.39 is 0 Å². The molecule has 2 heterocycles. The Morgan fingerprint density at radius 2 is 2.25 bits per heavy atom. The van der Waals surface area contributed by atoms with Crippen molar-refractivity contribution >= 4 is 23.3 Å². The minimum atomic E-state index is -0.197. The minimum Gasteiger partial charge on any atom is -0.384 e. The second kappa shape index (κ2) is 6.90. The summed E-state index contributed by atoms with van der Waals surface area (Å²) in [5.41, 5.74) is 5.96. The van der Waals surface area contributed by atoms with Gasteiger partial charge in [0.15, 0.2) is 0 Å². The summed E-state index contributed by atoms with van der Waals surface area (Å²) >= 11 is 5.96. The highest BCUT2D eigenvalue weighted by molar-refractivity contribution is 6.33. The molecule has 1 saturated heterocycles. The predicted octanol–water partition coefficient (Wildman–Crippen LogP) is 1.78. The summed E-state index contributed by atoms with van der Waals surface area (Å²) < 4.78 is 0. The highest BCUT2D eigenvalue weighted by Crippen LogP contribution is 2.16. The molecule has 0 aromatic carbocycles. The van der Waals surface area contributed by atoms with Crippen LogP contribution < -0.4 is 11.1 Å². The molecule has 1 amide bonds. The Labute approximate surface area is 124 Å². The fourth-order valence-electron chi connectivity index (χ4n) is 2.46. The Balaban J connectivity index is 1.83. The number of rotatable bonds is 5. The smallest absolute Gasteiger partial charge is 0.253 e. The number of carbonyl (C=O) groups excluding carboxylic acids is 1. The predicted molar refractivity (Wildman–Crippen MR) is 80.8 cm³/mol. The first-order valence-corrected chi connectivity index (χ1v) is 7.35. The average molecular weight is 297 g/mol. The molecule has 1 atom stereocenters. The molecular formula is C14H21ClN4O. The van der Waals surface area contributed by atoms with Gasteiger partial charge in [-0.3, -0.25) is 4.79 Å². The number of nitrogens with zero attached hydrogens (tertiary/aromatic N) is 2. The lowest BCUT2D eigenvalue weighted by atomic mass is 10.1. The topological polar surface area (TPSA) is 71.2 Å². The van der Waals surface area contributed by atoms with E-state index in [2.05, 4.69) is 22.1 Å². The Bertz CT molecular complexity index is 474. The van der Waals surface area contributed by atoms with Gasteiger partial charge in [0, 0.05) is 19.3 Å². The number of likely N-dealkylation sites (tertiary alicyclic amines) is 1. The molecule has 0 radical (unpaired) electrons. The van der Waals surface area contributed by atoms with E-state index in [0.717, 1.165) is 6.54 Å². The van der Waals surface area contributed by atoms with E-state index >= 15 is 0 Å². The zero-order chi connectivity index (χ0) is 14.5. The molecule has 20 heavy (non-hydrogen) atoms. The van der Waals surface area contributed by atoms with Gasteiger partial charge in [0.25, 0.3) is 5.91 Å². The highest BCUT2D eigenvalue weighted by atomic mass is 35.5. The maximum absolute atomic E-state index is 12.1. The molecule has 1 aromatic rings. The van der Waals surface area contributed by atoms with Gasteiger partial charge in [-0.1, -0.05) is 18.5 Å². The fourth-order valence-corrected chi connectivity index (χ4v) is 2.65. The standard InChI is InChI=1S/C14H21ClN4O/c1-10(9-19-4-2-3-5-19)7-18-14(20)11-6-13(16)17-8-12(11)15/h6,8,10H,2-5,7,9H2,1H3,(H2,16,17)(H,18,20). The van der Waals surface area contributed by atoms with E-state index in [1.54, 1.807) is 0 Å². The van der Waals surface area contributed by atoms with Crippen LogP contribution in [-0.4, -0.2) is 42.0 Å². The molecule has 5 nitrogen and oxygen atoms in total. The molecule has 1 aliphatic heterocycles. The van der Waals surface area contributed by atoms with E-state index in [0.29, 0.717) is 28.9 Å². The van der Waals surface area contributed by atoms with Crippen LogP contribution in [-0.2, 0) is 0 Å². The summed E-state index contributed by atoms with van der Waals surface area (Å²) in [5.74, 6) is 0.511. The molecule has 6 heteroatoms. The summed E-state index contributed by atoms with van der Waals surface area (Å²) in [6.45, 7) is 6.14. The number of nitrogens with two attached hydrogens (primary N) is 1. The van der Waals surface area contributed by atoms with Crippen LogP contribution in [0.15, 0.2) is 12.3 Å². The fraction of sp³-hybridized carbons (Fsp3) is 0.571. The van der Waals surface area contributed by atoms with Gasteiger partial charge < -0.3 is 16.0 Å². The van der Waals surface area contributed by atoms with Crippen molar-refractivity contribution in [1.82, 2.24) is 15.2 Å². The van der Waals surface area contributed by atoms with Crippen LogP contribution >= 0.6 is 11.6 Å². The second-order valence-electron chi connectivity index (χ2n) is 5.41. The number of anilines is 1. The van der Waals surface area contributed by atoms with Gasteiger partial charge in [0.1, 0.15) is 5.82 Å². The van der Waals surface area contributed by atoms with Gasteiger partial charge in [-0.15, -0.1) is 0 Å². The van der Waals surface area contributed by atoms with Gasteiger partial charge in [-0.05, 0) is 37.9 Å². The summed E-state index contributed by atoms with van der Waals surface area (Å²) in [7, 11) is 0. The zero-order valence-corrected chi connectivity index (χ0v) is 12.5. The second-order valence-corrected chi connectivity index (χ2v) is 5.82. The van der Waals surface area contributed by atoms with Crippen molar-refractivity contribution in [3.05, 3.63) is 22.8 Å². The Kier molecular flexibility index (Phi) is 5.20. The average Bonchev–Trinajstić information content (AvgIpc) is 2.91. The number of halogens is 1. The number of pyridine rings is 1. The van der Waals surface area contributed by atoms with E-state index in [1.807, 2.05) is 0 Å². The molecule has 1 aliphatic rings. The number of nitrogen functional groups attached to an aromatic ring is 1. The van der Waals surface area contributed by atoms with Gasteiger partial charge in [-0.25, -0.2) is 4.98 Å². The number of nitrogens with one attached hydrogen (secondary N) is 1. The number of aromatic nitrogens is 1.